The second kappa shape index (κ2) is 5.05. The number of likely N-dealkylation sites (tertiary alicyclic amines) is 1. The predicted molar refractivity (Wildman–Crippen MR) is 67.6 cm³/mol. The maximum absolute atomic E-state index is 5.46. The van der Waals surface area contributed by atoms with Crippen molar-refractivity contribution < 1.29 is 4.74 Å². The van der Waals surface area contributed by atoms with E-state index in [2.05, 4.69) is 25.7 Å². The number of nitrogens with zero attached hydrogens (tertiary/aromatic N) is 1. The molecule has 0 N–H and O–H groups in total. The topological polar surface area (TPSA) is 12.5 Å². The van der Waals surface area contributed by atoms with E-state index in [1.54, 1.807) is 0 Å². The summed E-state index contributed by atoms with van der Waals surface area (Å²) in [6, 6.07) is 0. The first-order valence-electron chi connectivity index (χ1n) is 6.90. The number of ether oxygens (including phenoxy) is 1. The Morgan fingerprint density at radius 2 is 1.38 bits per heavy atom. The minimum atomic E-state index is 0.362. The van der Waals surface area contributed by atoms with Crippen molar-refractivity contribution in [3.8, 4) is 0 Å². The molecule has 0 bridgehead atoms. The third-order valence-electron chi connectivity index (χ3n) is 4.42. The van der Waals surface area contributed by atoms with Gasteiger partial charge in [0.15, 0.2) is 0 Å². The summed E-state index contributed by atoms with van der Waals surface area (Å²) < 4.78 is 5.46. The highest BCUT2D eigenvalue weighted by molar-refractivity contribution is 4.84. The molecule has 0 aliphatic carbocycles. The zero-order valence-corrected chi connectivity index (χ0v) is 11.2. The Morgan fingerprint density at radius 3 is 1.88 bits per heavy atom. The molecule has 94 valence electrons. The molecule has 0 saturated carbocycles. The van der Waals surface area contributed by atoms with E-state index in [0.29, 0.717) is 5.54 Å². The van der Waals surface area contributed by atoms with Gasteiger partial charge >= 0.3 is 0 Å². The summed E-state index contributed by atoms with van der Waals surface area (Å²) in [7, 11) is 0. The summed E-state index contributed by atoms with van der Waals surface area (Å²) in [6.07, 6.45) is 5.42. The van der Waals surface area contributed by atoms with Crippen LogP contribution in [0.15, 0.2) is 0 Å². The standard InChI is InChI=1S/C14H27NO/c1-14(2,3)15-8-4-12(5-9-15)13-6-10-16-11-7-13/h12-13H,4-11H2,1-3H3. The molecular formula is C14H27NO. The van der Waals surface area contributed by atoms with Crippen LogP contribution in [0.1, 0.15) is 46.5 Å². The summed E-state index contributed by atoms with van der Waals surface area (Å²) in [5.41, 5.74) is 0.362. The normalized spacial score (nSPS) is 27.2. The van der Waals surface area contributed by atoms with E-state index < -0.39 is 0 Å². The molecule has 0 spiro atoms. The van der Waals surface area contributed by atoms with Crippen molar-refractivity contribution in [2.45, 2.75) is 52.0 Å². The molecule has 0 radical (unpaired) electrons. The van der Waals surface area contributed by atoms with Crippen LogP contribution in [-0.2, 0) is 4.74 Å². The molecule has 0 aromatic heterocycles. The van der Waals surface area contributed by atoms with Crippen LogP contribution in [0, 0.1) is 11.8 Å². The van der Waals surface area contributed by atoms with Crippen molar-refractivity contribution in [1.29, 1.82) is 0 Å². The molecule has 0 unspecified atom stereocenters. The van der Waals surface area contributed by atoms with Crippen LogP contribution < -0.4 is 0 Å². The summed E-state index contributed by atoms with van der Waals surface area (Å²) >= 11 is 0. The quantitative estimate of drug-likeness (QED) is 0.680. The van der Waals surface area contributed by atoms with Crippen molar-refractivity contribution in [3.63, 3.8) is 0 Å². The van der Waals surface area contributed by atoms with Crippen LogP contribution in [0.5, 0.6) is 0 Å². The van der Waals surface area contributed by atoms with Gasteiger partial charge in [0.2, 0.25) is 0 Å². The molecule has 0 aromatic carbocycles. The highest BCUT2D eigenvalue weighted by atomic mass is 16.5. The molecule has 2 heteroatoms. The van der Waals surface area contributed by atoms with Gasteiger partial charge in [0.05, 0.1) is 0 Å². The minimum absolute atomic E-state index is 0.362. The molecule has 2 heterocycles. The number of hydrogen-bond acceptors (Lipinski definition) is 2. The summed E-state index contributed by atoms with van der Waals surface area (Å²) in [6.45, 7) is 11.6. The fourth-order valence-corrected chi connectivity index (χ4v) is 3.23. The Labute approximate surface area is 100 Å². The van der Waals surface area contributed by atoms with Crippen molar-refractivity contribution in [2.24, 2.45) is 11.8 Å². The fourth-order valence-electron chi connectivity index (χ4n) is 3.23. The highest BCUT2D eigenvalue weighted by Crippen LogP contribution is 2.33. The lowest BCUT2D eigenvalue weighted by Gasteiger charge is -2.43. The Kier molecular flexibility index (Phi) is 3.91. The van der Waals surface area contributed by atoms with Crippen LogP contribution in [0.25, 0.3) is 0 Å². The summed E-state index contributed by atoms with van der Waals surface area (Å²) in [5.74, 6) is 1.93. The Morgan fingerprint density at radius 1 is 0.875 bits per heavy atom. The van der Waals surface area contributed by atoms with Crippen molar-refractivity contribution in [2.75, 3.05) is 26.3 Å². The van der Waals surface area contributed by atoms with Crippen LogP contribution in [0.4, 0.5) is 0 Å². The van der Waals surface area contributed by atoms with Gasteiger partial charge in [-0.1, -0.05) is 0 Å². The molecule has 0 atom stereocenters. The first kappa shape index (κ1) is 12.4. The zero-order chi connectivity index (χ0) is 11.6. The summed E-state index contributed by atoms with van der Waals surface area (Å²) in [5, 5.41) is 0. The fraction of sp³-hybridized carbons (Fsp3) is 1.00. The van der Waals surface area contributed by atoms with Crippen molar-refractivity contribution in [3.05, 3.63) is 0 Å². The third kappa shape index (κ3) is 2.98. The third-order valence-corrected chi connectivity index (χ3v) is 4.42. The largest absolute Gasteiger partial charge is 0.381 e. The van der Waals surface area contributed by atoms with E-state index in [9.17, 15) is 0 Å². The molecule has 2 saturated heterocycles. The van der Waals surface area contributed by atoms with Gasteiger partial charge in [-0.25, -0.2) is 0 Å². The van der Waals surface area contributed by atoms with Crippen LogP contribution in [0.3, 0.4) is 0 Å². The van der Waals surface area contributed by atoms with Gasteiger partial charge in [0.25, 0.3) is 0 Å². The predicted octanol–water partition coefficient (Wildman–Crippen LogP) is 2.92. The summed E-state index contributed by atoms with van der Waals surface area (Å²) in [4.78, 5) is 2.64. The van der Waals surface area contributed by atoms with E-state index in [1.165, 1.54) is 38.8 Å². The molecule has 0 amide bonds. The van der Waals surface area contributed by atoms with Gasteiger partial charge in [-0.05, 0) is 71.4 Å². The average Bonchev–Trinajstić information content (AvgIpc) is 2.29. The van der Waals surface area contributed by atoms with Gasteiger partial charge in [-0.3, -0.25) is 4.90 Å². The lowest BCUT2D eigenvalue weighted by molar-refractivity contribution is 0.0164. The lowest BCUT2D eigenvalue weighted by atomic mass is 9.79. The van der Waals surface area contributed by atoms with Gasteiger partial charge in [0, 0.05) is 18.8 Å². The Hall–Kier alpha value is -0.0800. The van der Waals surface area contributed by atoms with Crippen molar-refractivity contribution in [1.82, 2.24) is 4.90 Å². The SMILES string of the molecule is CC(C)(C)N1CCC(C2CCOCC2)CC1. The Bertz CT molecular complexity index is 207. The maximum atomic E-state index is 5.46. The molecule has 2 fully saturated rings. The van der Waals surface area contributed by atoms with E-state index in [0.717, 1.165) is 25.0 Å². The lowest BCUT2D eigenvalue weighted by Crippen LogP contribution is -2.47. The van der Waals surface area contributed by atoms with Gasteiger partial charge in [-0.2, -0.15) is 0 Å². The number of piperidine rings is 1. The maximum Gasteiger partial charge on any atom is 0.0468 e. The molecule has 2 rings (SSSR count). The smallest absolute Gasteiger partial charge is 0.0468 e. The molecular weight excluding hydrogens is 198 g/mol. The van der Waals surface area contributed by atoms with E-state index >= 15 is 0 Å². The first-order chi connectivity index (χ1) is 7.57. The number of hydrogen-bond donors (Lipinski definition) is 0. The first-order valence-corrected chi connectivity index (χ1v) is 6.90. The van der Waals surface area contributed by atoms with E-state index in [4.69, 9.17) is 4.74 Å². The minimum Gasteiger partial charge on any atom is -0.381 e. The molecule has 2 nitrogen and oxygen atoms in total. The second-order valence-electron chi connectivity index (χ2n) is 6.45. The van der Waals surface area contributed by atoms with Crippen molar-refractivity contribution >= 4 is 0 Å². The average molecular weight is 225 g/mol. The highest BCUT2D eigenvalue weighted by Gasteiger charge is 2.31. The number of rotatable bonds is 1. The monoisotopic (exact) mass is 225 g/mol. The van der Waals surface area contributed by atoms with Gasteiger partial charge < -0.3 is 4.74 Å². The molecule has 2 aliphatic rings. The molecule has 2 aliphatic heterocycles. The van der Waals surface area contributed by atoms with Gasteiger partial charge in [-0.15, -0.1) is 0 Å². The molecule has 0 aromatic rings. The van der Waals surface area contributed by atoms with Gasteiger partial charge in [0.1, 0.15) is 0 Å². The molecule has 16 heavy (non-hydrogen) atoms. The van der Waals surface area contributed by atoms with Crippen LogP contribution in [-0.4, -0.2) is 36.7 Å². The Balaban J connectivity index is 1.80. The van der Waals surface area contributed by atoms with Crippen LogP contribution in [0.2, 0.25) is 0 Å². The van der Waals surface area contributed by atoms with Crippen LogP contribution >= 0.6 is 0 Å². The second-order valence-corrected chi connectivity index (χ2v) is 6.45. The van der Waals surface area contributed by atoms with E-state index in [1.807, 2.05) is 0 Å². The zero-order valence-electron chi connectivity index (χ0n) is 11.2. The van der Waals surface area contributed by atoms with E-state index in [-0.39, 0.29) is 0 Å².